The van der Waals surface area contributed by atoms with Crippen LogP contribution in [-0.2, 0) is 6.42 Å². The standard InChI is InChI=1S/C10H13Br3O/c11-6-4-2-1-3-5-8-7-9(12)14-10(8)13/h7H,1-6H2. The number of alkyl halides is 1. The van der Waals surface area contributed by atoms with E-state index in [1.807, 2.05) is 6.07 Å². The minimum absolute atomic E-state index is 0.805. The van der Waals surface area contributed by atoms with Gasteiger partial charge in [0.25, 0.3) is 0 Å². The van der Waals surface area contributed by atoms with E-state index in [9.17, 15) is 0 Å². The molecule has 80 valence electrons. The zero-order valence-electron chi connectivity index (χ0n) is 7.86. The van der Waals surface area contributed by atoms with Crippen molar-refractivity contribution in [2.75, 3.05) is 5.33 Å². The maximum atomic E-state index is 5.32. The average Bonchev–Trinajstić information content (AvgIpc) is 2.45. The second-order valence-electron chi connectivity index (χ2n) is 3.20. The van der Waals surface area contributed by atoms with Gasteiger partial charge in [-0.2, -0.15) is 0 Å². The minimum Gasteiger partial charge on any atom is -0.442 e. The van der Waals surface area contributed by atoms with E-state index < -0.39 is 0 Å². The zero-order chi connectivity index (χ0) is 10.4. The first-order valence-corrected chi connectivity index (χ1v) is 7.44. The molecule has 1 heterocycles. The largest absolute Gasteiger partial charge is 0.442 e. The smallest absolute Gasteiger partial charge is 0.173 e. The van der Waals surface area contributed by atoms with Crippen LogP contribution in [0.2, 0.25) is 0 Å². The second kappa shape index (κ2) is 7.07. The van der Waals surface area contributed by atoms with E-state index in [1.54, 1.807) is 0 Å². The molecule has 1 nitrogen and oxygen atoms in total. The topological polar surface area (TPSA) is 13.1 Å². The van der Waals surface area contributed by atoms with Gasteiger partial charge in [0.05, 0.1) is 0 Å². The molecule has 0 N–H and O–H groups in total. The van der Waals surface area contributed by atoms with Crippen LogP contribution >= 0.6 is 47.8 Å². The van der Waals surface area contributed by atoms with E-state index >= 15 is 0 Å². The fourth-order valence-electron chi connectivity index (χ4n) is 1.31. The summed E-state index contributed by atoms with van der Waals surface area (Å²) in [6, 6.07) is 2.04. The lowest BCUT2D eigenvalue weighted by Gasteiger charge is -1.98. The Labute approximate surface area is 110 Å². The van der Waals surface area contributed by atoms with Crippen LogP contribution < -0.4 is 0 Å². The Bertz CT molecular complexity index is 270. The molecule has 4 heteroatoms. The molecule has 0 unspecified atom stereocenters. The van der Waals surface area contributed by atoms with Gasteiger partial charge in [-0.15, -0.1) is 0 Å². The first-order valence-electron chi connectivity index (χ1n) is 4.73. The SMILES string of the molecule is BrCCCCCCc1cc(Br)oc1Br. The number of hydrogen-bond acceptors (Lipinski definition) is 1. The van der Waals surface area contributed by atoms with Crippen molar-refractivity contribution >= 4 is 47.8 Å². The summed E-state index contributed by atoms with van der Waals surface area (Å²) in [5.41, 5.74) is 1.26. The van der Waals surface area contributed by atoms with Crippen molar-refractivity contribution in [1.82, 2.24) is 0 Å². The van der Waals surface area contributed by atoms with Crippen LogP contribution in [0, 0.1) is 0 Å². The third kappa shape index (κ3) is 4.49. The molecule has 0 aliphatic heterocycles. The Morgan fingerprint density at radius 1 is 1.07 bits per heavy atom. The van der Waals surface area contributed by atoms with Gasteiger partial charge in [-0.1, -0.05) is 28.8 Å². The normalized spacial score (nSPS) is 10.8. The third-order valence-electron chi connectivity index (χ3n) is 2.06. The summed E-state index contributed by atoms with van der Waals surface area (Å²) in [7, 11) is 0. The van der Waals surface area contributed by atoms with Crippen LogP contribution in [0.15, 0.2) is 19.8 Å². The Kier molecular flexibility index (Phi) is 6.46. The van der Waals surface area contributed by atoms with E-state index in [2.05, 4.69) is 47.8 Å². The van der Waals surface area contributed by atoms with Crippen LogP contribution in [0.5, 0.6) is 0 Å². The molecule has 0 aromatic carbocycles. The van der Waals surface area contributed by atoms with Crippen LogP contribution in [0.4, 0.5) is 0 Å². The molecule has 1 aromatic rings. The second-order valence-corrected chi connectivity index (χ2v) is 5.50. The van der Waals surface area contributed by atoms with Gasteiger partial charge in [-0.3, -0.25) is 0 Å². The van der Waals surface area contributed by atoms with Gasteiger partial charge < -0.3 is 4.42 Å². The van der Waals surface area contributed by atoms with Crippen molar-refractivity contribution in [3.05, 3.63) is 21.0 Å². The molecule has 1 aromatic heterocycles. The van der Waals surface area contributed by atoms with Crippen molar-refractivity contribution in [2.24, 2.45) is 0 Å². The van der Waals surface area contributed by atoms with Crippen LogP contribution in [0.25, 0.3) is 0 Å². The predicted molar refractivity (Wildman–Crippen MR) is 70.1 cm³/mol. The summed E-state index contributed by atoms with van der Waals surface area (Å²) in [4.78, 5) is 0. The summed E-state index contributed by atoms with van der Waals surface area (Å²) in [5.74, 6) is 0. The number of rotatable bonds is 6. The molecule has 0 spiro atoms. The summed E-state index contributed by atoms with van der Waals surface area (Å²) >= 11 is 10.1. The summed E-state index contributed by atoms with van der Waals surface area (Å²) < 4.78 is 6.99. The molecule has 1 rings (SSSR count). The predicted octanol–water partition coefficient (Wildman–Crippen LogP) is 5.30. The molecule has 0 bridgehead atoms. The van der Waals surface area contributed by atoms with E-state index in [4.69, 9.17) is 4.42 Å². The molecule has 0 fully saturated rings. The number of hydrogen-bond donors (Lipinski definition) is 0. The van der Waals surface area contributed by atoms with Gasteiger partial charge in [0, 0.05) is 10.9 Å². The fraction of sp³-hybridized carbons (Fsp3) is 0.600. The lowest BCUT2D eigenvalue weighted by Crippen LogP contribution is -1.84. The fourth-order valence-corrected chi connectivity index (χ4v) is 2.85. The van der Waals surface area contributed by atoms with Crippen molar-refractivity contribution in [2.45, 2.75) is 32.1 Å². The first kappa shape index (κ1) is 12.8. The third-order valence-corrected chi connectivity index (χ3v) is 3.68. The van der Waals surface area contributed by atoms with Gasteiger partial charge in [-0.05, 0) is 57.2 Å². The van der Waals surface area contributed by atoms with E-state index in [0.29, 0.717) is 0 Å². The number of furan rings is 1. The van der Waals surface area contributed by atoms with Crippen LogP contribution in [-0.4, -0.2) is 5.33 Å². The zero-order valence-corrected chi connectivity index (χ0v) is 12.6. The monoisotopic (exact) mass is 386 g/mol. The quantitative estimate of drug-likeness (QED) is 0.476. The molecule has 0 radical (unpaired) electrons. The molecule has 14 heavy (non-hydrogen) atoms. The van der Waals surface area contributed by atoms with Gasteiger partial charge >= 0.3 is 0 Å². The van der Waals surface area contributed by atoms with Gasteiger partial charge in [0.1, 0.15) is 0 Å². The molecule has 0 saturated carbocycles. The molecule has 0 amide bonds. The average molecular weight is 389 g/mol. The molecule has 0 saturated heterocycles. The van der Waals surface area contributed by atoms with Gasteiger partial charge in [0.2, 0.25) is 0 Å². The maximum absolute atomic E-state index is 5.32. The first-order chi connectivity index (χ1) is 6.74. The highest BCUT2D eigenvalue weighted by Crippen LogP contribution is 2.26. The van der Waals surface area contributed by atoms with E-state index in [1.165, 1.54) is 31.2 Å². The van der Waals surface area contributed by atoms with Crippen molar-refractivity contribution < 1.29 is 4.42 Å². The van der Waals surface area contributed by atoms with Crippen molar-refractivity contribution in [3.63, 3.8) is 0 Å². The minimum atomic E-state index is 0.805. The van der Waals surface area contributed by atoms with Crippen molar-refractivity contribution in [1.29, 1.82) is 0 Å². The Morgan fingerprint density at radius 2 is 1.79 bits per heavy atom. The van der Waals surface area contributed by atoms with Crippen LogP contribution in [0.1, 0.15) is 31.2 Å². The Balaban J connectivity index is 2.21. The van der Waals surface area contributed by atoms with E-state index in [0.717, 1.165) is 21.1 Å². The highest BCUT2D eigenvalue weighted by Gasteiger charge is 2.05. The summed E-state index contributed by atoms with van der Waals surface area (Å²) in [6.45, 7) is 0. The lowest BCUT2D eigenvalue weighted by atomic mass is 10.1. The molecule has 0 aliphatic carbocycles. The molecular formula is C10H13Br3O. The summed E-state index contributed by atoms with van der Waals surface area (Å²) in [5, 5.41) is 1.12. The number of aryl methyl sites for hydroxylation is 1. The summed E-state index contributed by atoms with van der Waals surface area (Å²) in [6.07, 6.45) is 6.20. The molecular weight excluding hydrogens is 376 g/mol. The van der Waals surface area contributed by atoms with Crippen molar-refractivity contribution in [3.8, 4) is 0 Å². The maximum Gasteiger partial charge on any atom is 0.173 e. The molecule has 0 atom stereocenters. The Hall–Kier alpha value is 0.720. The van der Waals surface area contributed by atoms with E-state index in [-0.39, 0.29) is 0 Å². The highest BCUT2D eigenvalue weighted by atomic mass is 79.9. The van der Waals surface area contributed by atoms with Gasteiger partial charge in [0.15, 0.2) is 9.34 Å². The number of unbranched alkanes of at least 4 members (excludes halogenated alkanes) is 3. The Morgan fingerprint density at radius 3 is 2.36 bits per heavy atom. The lowest BCUT2D eigenvalue weighted by molar-refractivity contribution is 0.511. The van der Waals surface area contributed by atoms with Crippen LogP contribution in [0.3, 0.4) is 0 Å². The van der Waals surface area contributed by atoms with Gasteiger partial charge in [-0.25, -0.2) is 0 Å². The highest BCUT2D eigenvalue weighted by molar-refractivity contribution is 9.11. The molecule has 0 aliphatic rings. The number of halogens is 3.